The number of alkyl carbamates (subject to hydrolysis) is 1. The normalized spacial score (nSPS) is 14.5. The molecule has 0 spiro atoms. The van der Waals surface area contributed by atoms with Crippen molar-refractivity contribution < 1.29 is 56.7 Å². The Balaban J connectivity index is 3.01. The van der Waals surface area contributed by atoms with E-state index >= 15 is 0 Å². The molecule has 4 atom stereocenters. The molecule has 0 aliphatic carbocycles. The van der Waals surface area contributed by atoms with Crippen LogP contribution in [0.4, 0.5) is 4.79 Å². The molecule has 0 saturated heterocycles. The molecule has 1 aromatic carbocycles. The second-order valence-electron chi connectivity index (χ2n) is 7.86. The van der Waals surface area contributed by atoms with Gasteiger partial charge in [-0.15, -0.1) is 0 Å². The van der Waals surface area contributed by atoms with Crippen molar-refractivity contribution in [2.24, 2.45) is 0 Å². The summed E-state index contributed by atoms with van der Waals surface area (Å²) in [5.41, 5.74) is 0.680. The first-order chi connectivity index (χ1) is 18.4. The monoisotopic (exact) mass is 575 g/mol. The molecule has 4 N–H and O–H groups in total. The van der Waals surface area contributed by atoms with Crippen molar-refractivity contribution in [2.45, 2.75) is 51.4 Å². The molecule has 15 nitrogen and oxygen atoms in total. The Morgan fingerprint density at radius 3 is 2.18 bits per heavy atom. The fraction of sp³-hybridized carbons (Fsp3) is 0.522. The van der Waals surface area contributed by atoms with Crippen LogP contribution >= 0.6 is 7.82 Å². The average Bonchev–Trinajstić information content (AvgIpc) is 2.92. The highest BCUT2D eigenvalue weighted by atomic mass is 31.2. The number of phosphoric acid groups is 1. The minimum atomic E-state index is -4.56. The van der Waals surface area contributed by atoms with E-state index in [9.17, 15) is 33.4 Å². The van der Waals surface area contributed by atoms with Gasteiger partial charge in [0.2, 0.25) is 11.8 Å². The van der Waals surface area contributed by atoms with Gasteiger partial charge in [0.25, 0.3) is 0 Å². The molecule has 218 valence electrons. The molecule has 16 heteroatoms. The Morgan fingerprint density at radius 2 is 1.59 bits per heavy atom. The standard InChI is InChI=1S/C23H34N3O12P/c1-5-36-22(30)15(2)24-21(29)18(14-38-39(32,33)35-4)25-20(28)17(11-12-19(27)34-3)26-23(31)37-13-16-9-7-6-8-10-16/h6-10,15,17-18H,5,11-14H2,1-4H3,(H,24,29)(H,25,28)(H,26,31)(H,32,33)/t15-,17-,18-/m0/s1. The molecule has 0 saturated carbocycles. The summed E-state index contributed by atoms with van der Waals surface area (Å²) >= 11 is 0. The van der Waals surface area contributed by atoms with Crippen molar-refractivity contribution in [2.75, 3.05) is 27.4 Å². The number of rotatable bonds is 16. The highest BCUT2D eigenvalue weighted by Gasteiger charge is 2.32. The minimum Gasteiger partial charge on any atom is -0.469 e. The molecule has 0 radical (unpaired) electrons. The molecular formula is C23H34N3O12P. The number of phosphoric ester groups is 1. The quantitative estimate of drug-likeness (QED) is 0.121. The number of nitrogens with one attached hydrogen (secondary N) is 3. The van der Waals surface area contributed by atoms with Crippen LogP contribution in [0.3, 0.4) is 0 Å². The average molecular weight is 576 g/mol. The third-order valence-electron chi connectivity index (χ3n) is 4.95. The smallest absolute Gasteiger partial charge is 0.469 e. The Labute approximate surface area is 225 Å². The zero-order valence-corrected chi connectivity index (χ0v) is 22.9. The molecule has 3 amide bonds. The predicted molar refractivity (Wildman–Crippen MR) is 134 cm³/mol. The number of carbonyl (C=O) groups excluding carboxylic acids is 5. The summed E-state index contributed by atoms with van der Waals surface area (Å²) in [4.78, 5) is 71.3. The molecule has 0 fully saturated rings. The minimum absolute atomic E-state index is 0.0533. The van der Waals surface area contributed by atoms with Gasteiger partial charge < -0.3 is 35.1 Å². The van der Waals surface area contributed by atoms with Gasteiger partial charge >= 0.3 is 25.9 Å². The van der Waals surface area contributed by atoms with Crippen LogP contribution in [0.1, 0.15) is 32.3 Å². The highest BCUT2D eigenvalue weighted by Crippen LogP contribution is 2.41. The third-order valence-corrected chi connectivity index (χ3v) is 5.89. The van der Waals surface area contributed by atoms with E-state index in [-0.39, 0.29) is 26.1 Å². The fourth-order valence-electron chi connectivity index (χ4n) is 2.86. The maximum absolute atomic E-state index is 13.1. The summed E-state index contributed by atoms with van der Waals surface area (Å²) in [6.45, 7) is 1.99. The van der Waals surface area contributed by atoms with Crippen LogP contribution in [-0.4, -0.2) is 80.3 Å². The van der Waals surface area contributed by atoms with Gasteiger partial charge in [-0.3, -0.25) is 23.4 Å². The SMILES string of the molecule is CCOC(=O)[C@H](C)NC(=O)[C@H](COP(=O)(O)OC)NC(=O)[C@H](CCC(=O)OC)NC(=O)OCc1ccccc1. The summed E-state index contributed by atoms with van der Waals surface area (Å²) < 4.78 is 35.3. The van der Waals surface area contributed by atoms with E-state index in [2.05, 4.69) is 25.2 Å². The Morgan fingerprint density at radius 1 is 0.949 bits per heavy atom. The van der Waals surface area contributed by atoms with Gasteiger partial charge in [-0.2, -0.15) is 0 Å². The Kier molecular flexibility index (Phi) is 14.7. The molecule has 1 unspecified atom stereocenters. The van der Waals surface area contributed by atoms with Gasteiger partial charge in [-0.25, -0.2) is 14.2 Å². The maximum Gasteiger partial charge on any atom is 0.471 e. The number of hydrogen-bond donors (Lipinski definition) is 4. The molecule has 0 aromatic heterocycles. The van der Waals surface area contributed by atoms with E-state index in [1.165, 1.54) is 6.92 Å². The molecule has 0 bridgehead atoms. The lowest BCUT2D eigenvalue weighted by Gasteiger charge is -2.24. The molecular weight excluding hydrogens is 541 g/mol. The molecule has 1 aromatic rings. The van der Waals surface area contributed by atoms with Crippen LogP contribution in [0.5, 0.6) is 0 Å². The Hall–Kier alpha value is -3.52. The van der Waals surface area contributed by atoms with E-state index in [0.29, 0.717) is 5.56 Å². The van der Waals surface area contributed by atoms with E-state index in [4.69, 9.17) is 14.0 Å². The van der Waals surface area contributed by atoms with Crippen LogP contribution < -0.4 is 16.0 Å². The lowest BCUT2D eigenvalue weighted by molar-refractivity contribution is -0.147. The lowest BCUT2D eigenvalue weighted by Crippen LogP contribution is -2.57. The van der Waals surface area contributed by atoms with E-state index in [1.807, 2.05) is 0 Å². The predicted octanol–water partition coefficient (Wildman–Crippen LogP) is 0.551. The van der Waals surface area contributed by atoms with E-state index in [0.717, 1.165) is 14.2 Å². The summed E-state index contributed by atoms with van der Waals surface area (Å²) in [5.74, 6) is -3.37. The molecule has 0 heterocycles. The summed E-state index contributed by atoms with van der Waals surface area (Å²) in [7, 11) is -2.53. The molecule has 1 rings (SSSR count). The number of carbonyl (C=O) groups is 5. The van der Waals surface area contributed by atoms with Gasteiger partial charge in [-0.05, 0) is 25.8 Å². The highest BCUT2D eigenvalue weighted by molar-refractivity contribution is 7.47. The van der Waals surface area contributed by atoms with Crippen LogP contribution in [-0.2, 0) is 53.6 Å². The second kappa shape index (κ2) is 17.1. The zero-order valence-electron chi connectivity index (χ0n) is 22.0. The van der Waals surface area contributed by atoms with E-state index in [1.54, 1.807) is 37.3 Å². The number of amides is 3. The van der Waals surface area contributed by atoms with Crippen molar-refractivity contribution in [1.82, 2.24) is 16.0 Å². The van der Waals surface area contributed by atoms with Gasteiger partial charge in [0.1, 0.15) is 24.7 Å². The van der Waals surface area contributed by atoms with Crippen LogP contribution in [0.15, 0.2) is 30.3 Å². The number of esters is 2. The molecule has 0 aliphatic rings. The maximum atomic E-state index is 13.1. The number of benzene rings is 1. The molecule has 39 heavy (non-hydrogen) atoms. The van der Waals surface area contributed by atoms with Crippen molar-refractivity contribution >= 4 is 37.7 Å². The van der Waals surface area contributed by atoms with Crippen molar-refractivity contribution in [3.63, 3.8) is 0 Å². The first-order valence-corrected chi connectivity index (χ1v) is 13.3. The van der Waals surface area contributed by atoms with Gasteiger partial charge in [-0.1, -0.05) is 30.3 Å². The summed E-state index contributed by atoms with van der Waals surface area (Å²) in [6, 6.07) is 4.54. The largest absolute Gasteiger partial charge is 0.471 e. The number of ether oxygens (including phenoxy) is 3. The Bertz CT molecular complexity index is 1020. The van der Waals surface area contributed by atoms with Crippen LogP contribution in [0.2, 0.25) is 0 Å². The van der Waals surface area contributed by atoms with Crippen molar-refractivity contribution in [3.05, 3.63) is 35.9 Å². The number of methoxy groups -OCH3 is 1. The lowest BCUT2D eigenvalue weighted by atomic mass is 10.1. The summed E-state index contributed by atoms with van der Waals surface area (Å²) in [6.07, 6.45) is -1.52. The third kappa shape index (κ3) is 13.2. The second-order valence-corrected chi connectivity index (χ2v) is 9.42. The van der Waals surface area contributed by atoms with Crippen LogP contribution in [0, 0.1) is 0 Å². The van der Waals surface area contributed by atoms with Crippen LogP contribution in [0.25, 0.3) is 0 Å². The number of hydrogen-bond acceptors (Lipinski definition) is 11. The van der Waals surface area contributed by atoms with E-state index < -0.39 is 62.4 Å². The van der Waals surface area contributed by atoms with Crippen molar-refractivity contribution in [3.8, 4) is 0 Å². The zero-order chi connectivity index (χ0) is 29.4. The molecule has 0 aliphatic heterocycles. The van der Waals surface area contributed by atoms with Gasteiger partial charge in [0.15, 0.2) is 0 Å². The summed E-state index contributed by atoms with van der Waals surface area (Å²) in [5, 5.41) is 6.88. The topological polar surface area (TPSA) is 205 Å². The van der Waals surface area contributed by atoms with Gasteiger partial charge in [0.05, 0.1) is 20.3 Å². The fourth-order valence-corrected chi connectivity index (χ4v) is 3.30. The first kappa shape index (κ1) is 33.5. The van der Waals surface area contributed by atoms with Gasteiger partial charge in [0, 0.05) is 13.5 Å². The van der Waals surface area contributed by atoms with Crippen molar-refractivity contribution in [1.29, 1.82) is 0 Å². The first-order valence-electron chi connectivity index (χ1n) is 11.8.